The number of sulfonamides is 1. The molecule has 0 aliphatic carbocycles. The monoisotopic (exact) mass is 347 g/mol. The van der Waals surface area contributed by atoms with Crippen LogP contribution in [0.1, 0.15) is 31.2 Å². The van der Waals surface area contributed by atoms with E-state index in [1.807, 2.05) is 26.0 Å². The molecule has 0 saturated heterocycles. The van der Waals surface area contributed by atoms with Gasteiger partial charge in [-0.2, -0.15) is 5.26 Å². The van der Waals surface area contributed by atoms with E-state index in [0.29, 0.717) is 5.56 Å². The van der Waals surface area contributed by atoms with E-state index >= 15 is 0 Å². The lowest BCUT2D eigenvalue weighted by Gasteiger charge is -2.28. The lowest BCUT2D eigenvalue weighted by molar-refractivity contribution is 0.194. The van der Waals surface area contributed by atoms with Crippen LogP contribution in [0, 0.1) is 11.3 Å². The molecule has 0 fully saturated rings. The molecule has 0 bridgehead atoms. The van der Waals surface area contributed by atoms with Crippen LogP contribution in [0.4, 0.5) is 0 Å². The molecule has 1 aromatic carbocycles. The summed E-state index contributed by atoms with van der Waals surface area (Å²) in [6.45, 7) is 5.81. The molecule has 128 valence electrons. The van der Waals surface area contributed by atoms with Gasteiger partial charge in [0.25, 0.3) is 0 Å². The third kappa shape index (κ3) is 4.23. The first kappa shape index (κ1) is 18.2. The number of hydrogen-bond donors (Lipinski definition) is 1. The van der Waals surface area contributed by atoms with Crippen LogP contribution in [0.25, 0.3) is 0 Å². The molecular weight excluding hydrogens is 326 g/mol. The Labute approximate surface area is 142 Å². The van der Waals surface area contributed by atoms with Gasteiger partial charge >= 0.3 is 0 Å². The van der Waals surface area contributed by atoms with E-state index < -0.39 is 10.0 Å². The van der Waals surface area contributed by atoms with Crippen LogP contribution >= 0.6 is 0 Å². The standard InChI is InChI=1S/C17H21N3O3S/c1-3-20(4-2)16(17-6-5-11-23-17)13-19-24(21,22)15-9-7-14(12-18)8-10-15/h5-11,16,19H,3-4,13H2,1-2H3/t16-/m0/s1. The van der Waals surface area contributed by atoms with Crippen LogP contribution in [0.5, 0.6) is 0 Å². The average molecular weight is 347 g/mol. The van der Waals surface area contributed by atoms with E-state index in [4.69, 9.17) is 9.68 Å². The van der Waals surface area contributed by atoms with Crippen molar-refractivity contribution >= 4 is 10.0 Å². The minimum Gasteiger partial charge on any atom is -0.468 e. The second-order valence-corrected chi connectivity index (χ2v) is 7.01. The Morgan fingerprint density at radius 3 is 2.38 bits per heavy atom. The van der Waals surface area contributed by atoms with Crippen LogP contribution in [-0.4, -0.2) is 33.0 Å². The third-order valence-electron chi connectivity index (χ3n) is 3.89. The summed E-state index contributed by atoms with van der Waals surface area (Å²) in [6.07, 6.45) is 1.58. The quantitative estimate of drug-likeness (QED) is 0.793. The molecule has 1 aromatic heterocycles. The summed E-state index contributed by atoms with van der Waals surface area (Å²) < 4.78 is 33.0. The summed E-state index contributed by atoms with van der Waals surface area (Å²) in [5, 5.41) is 8.80. The van der Waals surface area contributed by atoms with Gasteiger partial charge in [-0.25, -0.2) is 13.1 Å². The predicted octanol–water partition coefficient (Wildman–Crippen LogP) is 2.51. The van der Waals surface area contributed by atoms with E-state index in [2.05, 4.69) is 9.62 Å². The average Bonchev–Trinajstić information content (AvgIpc) is 3.13. The highest BCUT2D eigenvalue weighted by molar-refractivity contribution is 7.89. The Hall–Kier alpha value is -2.14. The van der Waals surface area contributed by atoms with Crippen LogP contribution in [-0.2, 0) is 10.0 Å². The number of furan rings is 1. The summed E-state index contributed by atoms with van der Waals surface area (Å²) in [5.41, 5.74) is 0.422. The van der Waals surface area contributed by atoms with Crippen LogP contribution in [0.15, 0.2) is 52.0 Å². The fourth-order valence-electron chi connectivity index (χ4n) is 2.54. The van der Waals surface area contributed by atoms with Crippen LogP contribution in [0.2, 0.25) is 0 Å². The van der Waals surface area contributed by atoms with Crippen molar-refractivity contribution in [1.82, 2.24) is 9.62 Å². The van der Waals surface area contributed by atoms with Gasteiger partial charge in [0.2, 0.25) is 10.0 Å². The molecule has 6 nitrogen and oxygen atoms in total. The van der Waals surface area contributed by atoms with Crippen molar-refractivity contribution in [3.63, 3.8) is 0 Å². The van der Waals surface area contributed by atoms with E-state index in [-0.39, 0.29) is 17.5 Å². The first-order valence-electron chi connectivity index (χ1n) is 7.79. The van der Waals surface area contributed by atoms with Crippen LogP contribution < -0.4 is 4.72 Å². The predicted molar refractivity (Wildman–Crippen MR) is 90.7 cm³/mol. The maximum Gasteiger partial charge on any atom is 0.240 e. The topological polar surface area (TPSA) is 86.3 Å². The molecule has 0 amide bonds. The highest BCUT2D eigenvalue weighted by Crippen LogP contribution is 2.21. The number of hydrogen-bond acceptors (Lipinski definition) is 5. The maximum atomic E-state index is 12.5. The number of nitrogens with one attached hydrogen (secondary N) is 1. The second-order valence-electron chi connectivity index (χ2n) is 5.24. The van der Waals surface area contributed by atoms with Crippen molar-refractivity contribution in [3.8, 4) is 6.07 Å². The molecule has 24 heavy (non-hydrogen) atoms. The highest BCUT2D eigenvalue weighted by atomic mass is 32.2. The van der Waals surface area contributed by atoms with Gasteiger partial charge in [-0.05, 0) is 49.5 Å². The third-order valence-corrected chi connectivity index (χ3v) is 5.32. The Morgan fingerprint density at radius 2 is 1.88 bits per heavy atom. The fourth-order valence-corrected chi connectivity index (χ4v) is 3.57. The zero-order chi connectivity index (χ0) is 17.6. The molecule has 0 aliphatic rings. The van der Waals surface area contributed by atoms with Gasteiger partial charge in [0.1, 0.15) is 5.76 Å². The smallest absolute Gasteiger partial charge is 0.240 e. The lowest BCUT2D eigenvalue weighted by Crippen LogP contribution is -2.37. The highest BCUT2D eigenvalue weighted by Gasteiger charge is 2.23. The van der Waals surface area contributed by atoms with Crippen molar-refractivity contribution in [3.05, 3.63) is 54.0 Å². The number of likely N-dealkylation sites (N-methyl/N-ethyl adjacent to an activating group) is 1. The summed E-state index contributed by atoms with van der Waals surface area (Å²) >= 11 is 0. The van der Waals surface area contributed by atoms with Gasteiger partial charge in [0.15, 0.2) is 0 Å². The van der Waals surface area contributed by atoms with Crippen molar-refractivity contribution in [2.75, 3.05) is 19.6 Å². The molecule has 1 N–H and O–H groups in total. The molecule has 0 unspecified atom stereocenters. The Bertz CT molecular complexity index is 773. The van der Waals surface area contributed by atoms with Gasteiger partial charge in [-0.15, -0.1) is 0 Å². The number of rotatable bonds is 8. The van der Waals surface area contributed by atoms with Gasteiger partial charge in [-0.3, -0.25) is 4.90 Å². The molecule has 1 atom stereocenters. The molecule has 1 heterocycles. The Balaban J connectivity index is 2.16. The van der Waals surface area contributed by atoms with Gasteiger partial charge < -0.3 is 4.42 Å². The first-order valence-corrected chi connectivity index (χ1v) is 9.27. The van der Waals surface area contributed by atoms with Crippen molar-refractivity contribution in [2.24, 2.45) is 0 Å². The molecule has 7 heteroatoms. The molecular formula is C17H21N3O3S. The number of benzene rings is 1. The first-order chi connectivity index (χ1) is 11.5. The normalized spacial score (nSPS) is 12.9. The molecule has 0 spiro atoms. The zero-order valence-electron chi connectivity index (χ0n) is 13.8. The zero-order valence-corrected chi connectivity index (χ0v) is 14.6. The second kappa shape index (κ2) is 8.11. The summed E-state index contributed by atoms with van der Waals surface area (Å²) in [7, 11) is -3.65. The Kier molecular flexibility index (Phi) is 6.15. The Morgan fingerprint density at radius 1 is 1.21 bits per heavy atom. The van der Waals surface area contributed by atoms with E-state index in [1.165, 1.54) is 24.3 Å². The molecule has 0 aliphatic heterocycles. The van der Waals surface area contributed by atoms with Crippen molar-refractivity contribution in [2.45, 2.75) is 24.8 Å². The summed E-state index contributed by atoms with van der Waals surface area (Å²) in [6, 6.07) is 11.3. The van der Waals surface area contributed by atoms with E-state index in [9.17, 15) is 8.42 Å². The largest absolute Gasteiger partial charge is 0.468 e. The van der Waals surface area contributed by atoms with Crippen molar-refractivity contribution in [1.29, 1.82) is 5.26 Å². The number of nitrogens with zero attached hydrogens (tertiary/aromatic N) is 2. The van der Waals surface area contributed by atoms with Crippen LogP contribution in [0.3, 0.4) is 0 Å². The summed E-state index contributed by atoms with van der Waals surface area (Å²) in [5.74, 6) is 0.723. The van der Waals surface area contributed by atoms with Gasteiger partial charge in [0.05, 0.1) is 28.8 Å². The summed E-state index contributed by atoms with van der Waals surface area (Å²) in [4.78, 5) is 2.26. The molecule has 0 radical (unpaired) electrons. The minimum absolute atomic E-state index is 0.138. The molecule has 0 saturated carbocycles. The van der Waals surface area contributed by atoms with E-state index in [1.54, 1.807) is 12.3 Å². The fraction of sp³-hybridized carbons (Fsp3) is 0.353. The van der Waals surface area contributed by atoms with Crippen molar-refractivity contribution < 1.29 is 12.8 Å². The molecule has 2 aromatic rings. The molecule has 2 rings (SSSR count). The lowest BCUT2D eigenvalue weighted by atomic mass is 10.2. The number of nitriles is 1. The minimum atomic E-state index is -3.65. The van der Waals surface area contributed by atoms with E-state index in [0.717, 1.165) is 18.8 Å². The SMILES string of the molecule is CCN(CC)[C@@H](CNS(=O)(=O)c1ccc(C#N)cc1)c1ccco1. The maximum absolute atomic E-state index is 12.5. The van der Waals surface area contributed by atoms with Gasteiger partial charge in [0, 0.05) is 6.54 Å². The van der Waals surface area contributed by atoms with Gasteiger partial charge in [-0.1, -0.05) is 13.8 Å².